The van der Waals surface area contributed by atoms with Gasteiger partial charge in [-0.05, 0) is 31.3 Å². The summed E-state index contributed by atoms with van der Waals surface area (Å²) in [5, 5.41) is 0. The first kappa shape index (κ1) is 14.2. The van der Waals surface area contributed by atoms with Gasteiger partial charge in [0.1, 0.15) is 5.75 Å². The van der Waals surface area contributed by atoms with Crippen LogP contribution in [0.25, 0.3) is 0 Å². The van der Waals surface area contributed by atoms with Crippen molar-refractivity contribution in [1.29, 1.82) is 0 Å². The monoisotopic (exact) mass is 254 g/mol. The van der Waals surface area contributed by atoms with Crippen LogP contribution in [0.1, 0.15) is 13.8 Å². The van der Waals surface area contributed by atoms with Crippen LogP contribution in [0.15, 0.2) is 23.1 Å². The minimum absolute atomic E-state index is 0.695. The zero-order chi connectivity index (χ0) is 12.7. The summed E-state index contributed by atoms with van der Waals surface area (Å²) in [4.78, 5) is 3.63. The SMILES string of the molecule is CCN(CC)CCSc1ccc(N)c(OC)c1. The number of nitrogen functional groups attached to an aromatic ring is 1. The molecule has 3 nitrogen and oxygen atoms in total. The van der Waals surface area contributed by atoms with E-state index in [0.29, 0.717) is 5.69 Å². The Morgan fingerprint density at radius 1 is 1.29 bits per heavy atom. The summed E-state index contributed by atoms with van der Waals surface area (Å²) in [5.41, 5.74) is 6.47. The molecule has 0 atom stereocenters. The lowest BCUT2D eigenvalue weighted by molar-refractivity contribution is 0.324. The first-order valence-corrected chi connectivity index (χ1v) is 6.98. The molecule has 17 heavy (non-hydrogen) atoms. The number of hydrogen-bond donors (Lipinski definition) is 1. The van der Waals surface area contributed by atoms with E-state index in [1.54, 1.807) is 7.11 Å². The van der Waals surface area contributed by atoms with Crippen molar-refractivity contribution in [3.63, 3.8) is 0 Å². The van der Waals surface area contributed by atoms with E-state index in [1.165, 1.54) is 4.90 Å². The van der Waals surface area contributed by atoms with E-state index in [4.69, 9.17) is 10.5 Å². The number of thioether (sulfide) groups is 1. The quantitative estimate of drug-likeness (QED) is 0.600. The number of ether oxygens (including phenoxy) is 1. The van der Waals surface area contributed by atoms with Crippen LogP contribution in [0.5, 0.6) is 5.75 Å². The highest BCUT2D eigenvalue weighted by atomic mass is 32.2. The topological polar surface area (TPSA) is 38.5 Å². The fourth-order valence-electron chi connectivity index (χ4n) is 1.61. The van der Waals surface area contributed by atoms with Crippen LogP contribution in [0, 0.1) is 0 Å². The van der Waals surface area contributed by atoms with Gasteiger partial charge in [0.15, 0.2) is 0 Å². The molecule has 0 heterocycles. The summed E-state index contributed by atoms with van der Waals surface area (Å²) in [6, 6.07) is 5.95. The Hall–Kier alpha value is -0.870. The second-order valence-electron chi connectivity index (χ2n) is 3.78. The highest BCUT2D eigenvalue weighted by Crippen LogP contribution is 2.28. The smallest absolute Gasteiger partial charge is 0.142 e. The highest BCUT2D eigenvalue weighted by Gasteiger charge is 2.03. The van der Waals surface area contributed by atoms with Gasteiger partial charge in [-0.2, -0.15) is 0 Å². The van der Waals surface area contributed by atoms with Gasteiger partial charge in [-0.25, -0.2) is 0 Å². The molecule has 0 amide bonds. The maximum Gasteiger partial charge on any atom is 0.142 e. The average Bonchev–Trinajstić information content (AvgIpc) is 2.36. The molecule has 1 rings (SSSR count). The molecule has 0 saturated carbocycles. The second kappa shape index (κ2) is 7.45. The van der Waals surface area contributed by atoms with Gasteiger partial charge in [0, 0.05) is 17.2 Å². The lowest BCUT2D eigenvalue weighted by Crippen LogP contribution is -2.25. The Bertz CT molecular complexity index is 340. The van der Waals surface area contributed by atoms with E-state index in [2.05, 4.69) is 18.7 Å². The molecule has 0 aromatic heterocycles. The number of benzene rings is 1. The van der Waals surface area contributed by atoms with Crippen molar-refractivity contribution in [2.75, 3.05) is 38.2 Å². The zero-order valence-corrected chi connectivity index (χ0v) is 11.7. The first-order chi connectivity index (χ1) is 8.21. The van der Waals surface area contributed by atoms with Crippen LogP contribution in [-0.4, -0.2) is 37.4 Å². The van der Waals surface area contributed by atoms with Crippen LogP contribution in [0.2, 0.25) is 0 Å². The van der Waals surface area contributed by atoms with E-state index in [9.17, 15) is 0 Å². The van der Waals surface area contributed by atoms with E-state index in [0.717, 1.165) is 31.1 Å². The van der Waals surface area contributed by atoms with Crippen LogP contribution < -0.4 is 10.5 Å². The minimum atomic E-state index is 0.695. The summed E-state index contributed by atoms with van der Waals surface area (Å²) >= 11 is 1.84. The third-order valence-electron chi connectivity index (χ3n) is 2.78. The summed E-state index contributed by atoms with van der Waals surface area (Å²) < 4.78 is 5.21. The third kappa shape index (κ3) is 4.48. The number of hydrogen-bond acceptors (Lipinski definition) is 4. The van der Waals surface area contributed by atoms with Gasteiger partial charge >= 0.3 is 0 Å². The molecule has 0 aliphatic heterocycles. The third-order valence-corrected chi connectivity index (χ3v) is 3.75. The lowest BCUT2D eigenvalue weighted by Gasteiger charge is -2.17. The van der Waals surface area contributed by atoms with Crippen molar-refractivity contribution in [3.8, 4) is 5.75 Å². The second-order valence-corrected chi connectivity index (χ2v) is 4.95. The van der Waals surface area contributed by atoms with Crippen molar-refractivity contribution in [1.82, 2.24) is 4.90 Å². The molecule has 1 aromatic carbocycles. The van der Waals surface area contributed by atoms with Crippen molar-refractivity contribution in [2.45, 2.75) is 18.7 Å². The minimum Gasteiger partial charge on any atom is -0.495 e. The largest absolute Gasteiger partial charge is 0.495 e. The zero-order valence-electron chi connectivity index (χ0n) is 10.9. The predicted octanol–water partition coefficient (Wildman–Crippen LogP) is 2.71. The Kier molecular flexibility index (Phi) is 6.22. The molecule has 0 bridgehead atoms. The molecule has 0 fully saturated rings. The van der Waals surface area contributed by atoms with E-state index in [1.807, 2.05) is 30.0 Å². The Balaban J connectivity index is 2.46. The molecule has 96 valence electrons. The van der Waals surface area contributed by atoms with E-state index >= 15 is 0 Å². The maximum atomic E-state index is 5.78. The molecule has 0 aliphatic carbocycles. The normalized spacial score (nSPS) is 10.8. The van der Waals surface area contributed by atoms with Crippen LogP contribution in [-0.2, 0) is 0 Å². The molecule has 1 aromatic rings. The lowest BCUT2D eigenvalue weighted by atomic mass is 10.3. The summed E-state index contributed by atoms with van der Waals surface area (Å²) in [5.74, 6) is 1.85. The molecule has 0 radical (unpaired) electrons. The summed E-state index contributed by atoms with van der Waals surface area (Å²) in [6.45, 7) is 7.73. The highest BCUT2D eigenvalue weighted by molar-refractivity contribution is 7.99. The van der Waals surface area contributed by atoms with Gasteiger partial charge in [0.2, 0.25) is 0 Å². The van der Waals surface area contributed by atoms with Gasteiger partial charge in [0.05, 0.1) is 12.8 Å². The number of nitrogens with two attached hydrogens (primary N) is 1. The molecule has 0 saturated heterocycles. The van der Waals surface area contributed by atoms with Gasteiger partial charge < -0.3 is 15.4 Å². The number of anilines is 1. The summed E-state index contributed by atoms with van der Waals surface area (Å²) in [6.07, 6.45) is 0. The molecular weight excluding hydrogens is 232 g/mol. The fourth-order valence-corrected chi connectivity index (χ4v) is 2.55. The Morgan fingerprint density at radius 2 is 2.00 bits per heavy atom. The van der Waals surface area contributed by atoms with Gasteiger partial charge in [-0.3, -0.25) is 0 Å². The molecule has 0 aliphatic rings. The molecular formula is C13H22N2OS. The van der Waals surface area contributed by atoms with Crippen molar-refractivity contribution in [2.24, 2.45) is 0 Å². The average molecular weight is 254 g/mol. The van der Waals surface area contributed by atoms with E-state index < -0.39 is 0 Å². The molecule has 0 spiro atoms. The fraction of sp³-hybridized carbons (Fsp3) is 0.538. The summed E-state index contributed by atoms with van der Waals surface area (Å²) in [7, 11) is 1.65. The molecule has 2 N–H and O–H groups in total. The van der Waals surface area contributed by atoms with Crippen LogP contribution in [0.4, 0.5) is 5.69 Å². The standard InChI is InChI=1S/C13H22N2OS/c1-4-15(5-2)8-9-17-11-6-7-12(14)13(10-11)16-3/h6-7,10H,4-5,8-9,14H2,1-3H3. The number of rotatable bonds is 7. The van der Waals surface area contributed by atoms with E-state index in [-0.39, 0.29) is 0 Å². The Morgan fingerprint density at radius 3 is 2.59 bits per heavy atom. The number of methoxy groups -OCH3 is 1. The van der Waals surface area contributed by atoms with Gasteiger partial charge in [-0.1, -0.05) is 13.8 Å². The molecule has 0 unspecified atom stereocenters. The van der Waals surface area contributed by atoms with Gasteiger partial charge in [-0.15, -0.1) is 11.8 Å². The first-order valence-electron chi connectivity index (χ1n) is 5.99. The van der Waals surface area contributed by atoms with Gasteiger partial charge in [0.25, 0.3) is 0 Å². The number of nitrogens with zero attached hydrogens (tertiary/aromatic N) is 1. The van der Waals surface area contributed by atoms with Crippen molar-refractivity contribution in [3.05, 3.63) is 18.2 Å². The van der Waals surface area contributed by atoms with Crippen molar-refractivity contribution < 1.29 is 4.74 Å². The van der Waals surface area contributed by atoms with Crippen LogP contribution in [0.3, 0.4) is 0 Å². The molecule has 4 heteroatoms. The maximum absolute atomic E-state index is 5.78. The van der Waals surface area contributed by atoms with Crippen LogP contribution >= 0.6 is 11.8 Å². The van der Waals surface area contributed by atoms with Crippen molar-refractivity contribution >= 4 is 17.4 Å². The predicted molar refractivity (Wildman–Crippen MR) is 75.9 cm³/mol. The Labute approximate surface area is 108 Å².